The van der Waals surface area contributed by atoms with Gasteiger partial charge in [-0.3, -0.25) is 4.79 Å². The van der Waals surface area contributed by atoms with Crippen LogP contribution in [0.1, 0.15) is 50.5 Å². The van der Waals surface area contributed by atoms with Crippen LogP contribution in [0.3, 0.4) is 0 Å². The fourth-order valence-electron chi connectivity index (χ4n) is 3.62. The normalized spacial score (nSPS) is 16.2. The van der Waals surface area contributed by atoms with Crippen molar-refractivity contribution in [3.05, 3.63) is 52.3 Å². The van der Waals surface area contributed by atoms with Crippen LogP contribution < -0.4 is 4.74 Å². The third-order valence-corrected chi connectivity index (χ3v) is 5.19. The molecule has 0 saturated carbocycles. The van der Waals surface area contributed by atoms with Crippen LogP contribution in [0.4, 0.5) is 0 Å². The number of hydrogen-bond donors (Lipinski definition) is 0. The Morgan fingerprint density at radius 2 is 1.96 bits per heavy atom. The number of ketones is 1. The number of aromatic nitrogens is 1. The first-order valence-corrected chi connectivity index (χ1v) is 9.54. The number of methoxy groups -OCH3 is 1. The molecule has 1 saturated heterocycles. The number of carbonyl (C=O) groups is 2. The predicted molar refractivity (Wildman–Crippen MR) is 105 cm³/mol. The zero-order valence-corrected chi connectivity index (χ0v) is 16.9. The van der Waals surface area contributed by atoms with Gasteiger partial charge in [0.05, 0.1) is 13.2 Å². The third-order valence-electron chi connectivity index (χ3n) is 5.19. The minimum Gasteiger partial charge on any atom is -0.496 e. The number of carbonyl (C=O) groups excluding carboxylic acids is 2. The highest BCUT2D eigenvalue weighted by atomic mass is 16.5. The van der Waals surface area contributed by atoms with Crippen molar-refractivity contribution in [1.82, 2.24) is 4.57 Å². The molecular weight excluding hydrogens is 358 g/mol. The van der Waals surface area contributed by atoms with Crippen LogP contribution in [0.2, 0.25) is 0 Å². The Labute approximate surface area is 165 Å². The summed E-state index contributed by atoms with van der Waals surface area (Å²) in [6.07, 6.45) is 2.31. The highest BCUT2D eigenvalue weighted by Gasteiger charge is 2.22. The molecule has 6 heteroatoms. The lowest BCUT2D eigenvalue weighted by Crippen LogP contribution is -2.18. The molecule has 1 aromatic heterocycles. The van der Waals surface area contributed by atoms with E-state index in [1.807, 2.05) is 32.9 Å². The third kappa shape index (κ3) is 4.28. The fourth-order valence-corrected chi connectivity index (χ4v) is 3.62. The summed E-state index contributed by atoms with van der Waals surface area (Å²) in [4.78, 5) is 25.1. The monoisotopic (exact) mass is 385 g/mol. The number of benzene rings is 1. The van der Waals surface area contributed by atoms with Crippen molar-refractivity contribution in [3.8, 4) is 5.75 Å². The van der Waals surface area contributed by atoms with Crippen LogP contribution in [0.25, 0.3) is 0 Å². The Morgan fingerprint density at radius 3 is 2.64 bits per heavy atom. The van der Waals surface area contributed by atoms with Crippen molar-refractivity contribution in [2.75, 3.05) is 20.3 Å². The lowest BCUT2D eigenvalue weighted by atomic mass is 10.1. The van der Waals surface area contributed by atoms with Gasteiger partial charge in [0, 0.05) is 30.1 Å². The Bertz CT molecular complexity index is 877. The smallest absolute Gasteiger partial charge is 0.342 e. The van der Waals surface area contributed by atoms with E-state index in [4.69, 9.17) is 14.2 Å². The van der Waals surface area contributed by atoms with Gasteiger partial charge in [-0.05, 0) is 51.8 Å². The highest BCUT2D eigenvalue weighted by molar-refractivity contribution is 6.01. The molecule has 1 atom stereocenters. The molecule has 0 spiro atoms. The second-order valence-corrected chi connectivity index (χ2v) is 7.23. The Hall–Kier alpha value is -2.60. The first-order valence-electron chi connectivity index (χ1n) is 9.54. The molecule has 6 nitrogen and oxygen atoms in total. The van der Waals surface area contributed by atoms with E-state index in [9.17, 15) is 9.59 Å². The average Bonchev–Trinajstić information content (AvgIpc) is 3.29. The van der Waals surface area contributed by atoms with E-state index in [0.29, 0.717) is 16.9 Å². The lowest BCUT2D eigenvalue weighted by molar-refractivity contribution is 0.0471. The summed E-state index contributed by atoms with van der Waals surface area (Å²) < 4.78 is 18.3. The van der Waals surface area contributed by atoms with Crippen LogP contribution in [0.5, 0.6) is 5.75 Å². The van der Waals surface area contributed by atoms with Gasteiger partial charge in [-0.15, -0.1) is 0 Å². The second-order valence-electron chi connectivity index (χ2n) is 7.23. The number of rotatable bonds is 7. The van der Waals surface area contributed by atoms with Gasteiger partial charge in [0.1, 0.15) is 11.3 Å². The predicted octanol–water partition coefficient (Wildman–Crippen LogP) is 3.64. The maximum absolute atomic E-state index is 12.7. The molecule has 1 aromatic carbocycles. The molecule has 0 bridgehead atoms. The molecule has 1 aliphatic heterocycles. The zero-order chi connectivity index (χ0) is 20.3. The van der Waals surface area contributed by atoms with E-state index in [1.165, 1.54) is 7.11 Å². The quantitative estimate of drug-likeness (QED) is 0.538. The topological polar surface area (TPSA) is 66.8 Å². The lowest BCUT2D eigenvalue weighted by Gasteiger charge is -2.14. The number of Topliss-reactive ketones (excluding diaryl/α,β-unsaturated/α-hetero) is 1. The molecule has 0 N–H and O–H groups in total. The Balaban J connectivity index is 1.68. The van der Waals surface area contributed by atoms with Gasteiger partial charge in [0.15, 0.2) is 6.61 Å². The van der Waals surface area contributed by atoms with Gasteiger partial charge in [0.25, 0.3) is 0 Å². The van der Waals surface area contributed by atoms with Crippen LogP contribution in [0.15, 0.2) is 24.3 Å². The van der Waals surface area contributed by atoms with Crippen LogP contribution >= 0.6 is 0 Å². The maximum Gasteiger partial charge on any atom is 0.342 e. The summed E-state index contributed by atoms with van der Waals surface area (Å²) in [6.45, 7) is 7.01. The summed E-state index contributed by atoms with van der Waals surface area (Å²) in [7, 11) is 1.50. The van der Waals surface area contributed by atoms with E-state index >= 15 is 0 Å². The minimum atomic E-state index is -0.568. The maximum atomic E-state index is 12.7. The summed E-state index contributed by atoms with van der Waals surface area (Å²) in [5.41, 5.74) is 3.70. The first kappa shape index (κ1) is 20.1. The number of ether oxygens (including phenoxy) is 3. The fraction of sp³-hybridized carbons (Fsp3) is 0.455. The Morgan fingerprint density at radius 1 is 1.18 bits per heavy atom. The summed E-state index contributed by atoms with van der Waals surface area (Å²) in [5.74, 6) is -0.355. The molecule has 0 radical (unpaired) electrons. The van der Waals surface area contributed by atoms with Gasteiger partial charge >= 0.3 is 5.97 Å². The number of hydrogen-bond acceptors (Lipinski definition) is 5. The van der Waals surface area contributed by atoms with Crippen molar-refractivity contribution in [2.45, 2.75) is 46.3 Å². The van der Waals surface area contributed by atoms with Crippen molar-refractivity contribution >= 4 is 11.8 Å². The summed E-state index contributed by atoms with van der Waals surface area (Å²) >= 11 is 0. The number of aryl methyl sites for hydroxylation is 2. The minimum absolute atomic E-state index is 0.194. The standard InChI is InChI=1S/C22H27NO5/c1-14-7-8-21(26-4)19(10-14)22(25)28-13-20(24)18-11-15(2)23(16(18)3)12-17-6-5-9-27-17/h7-8,10-11,17H,5-6,9,12-13H2,1-4H3/t17-/m0/s1. The SMILES string of the molecule is COc1ccc(C)cc1C(=O)OCC(=O)c1cc(C)n(C[C@@H]2CCCO2)c1C. The van der Waals surface area contributed by atoms with Crippen LogP contribution in [-0.2, 0) is 16.0 Å². The molecule has 28 heavy (non-hydrogen) atoms. The molecule has 0 amide bonds. The van der Waals surface area contributed by atoms with E-state index < -0.39 is 5.97 Å². The van der Waals surface area contributed by atoms with E-state index in [0.717, 1.165) is 42.9 Å². The molecule has 0 unspecified atom stereocenters. The molecule has 1 fully saturated rings. The van der Waals surface area contributed by atoms with E-state index in [2.05, 4.69) is 4.57 Å². The molecule has 0 aliphatic carbocycles. The summed E-state index contributed by atoms with van der Waals surface area (Å²) in [5, 5.41) is 0. The second kappa shape index (κ2) is 8.61. The molecule has 2 aromatic rings. The van der Waals surface area contributed by atoms with Gasteiger partial charge < -0.3 is 18.8 Å². The van der Waals surface area contributed by atoms with E-state index in [1.54, 1.807) is 12.1 Å². The number of esters is 1. The summed E-state index contributed by atoms with van der Waals surface area (Å²) in [6, 6.07) is 7.11. The molecule has 2 heterocycles. The zero-order valence-electron chi connectivity index (χ0n) is 16.9. The molecule has 1 aliphatic rings. The van der Waals surface area contributed by atoms with Gasteiger partial charge in [-0.1, -0.05) is 11.6 Å². The van der Waals surface area contributed by atoms with Crippen LogP contribution in [-0.4, -0.2) is 42.7 Å². The van der Waals surface area contributed by atoms with Crippen LogP contribution in [0, 0.1) is 20.8 Å². The van der Waals surface area contributed by atoms with Crippen molar-refractivity contribution in [2.24, 2.45) is 0 Å². The van der Waals surface area contributed by atoms with Gasteiger partial charge in [-0.2, -0.15) is 0 Å². The van der Waals surface area contributed by atoms with Gasteiger partial charge in [0.2, 0.25) is 5.78 Å². The van der Waals surface area contributed by atoms with Gasteiger partial charge in [-0.25, -0.2) is 4.79 Å². The molecular formula is C22H27NO5. The molecule has 3 rings (SSSR count). The van der Waals surface area contributed by atoms with Crippen molar-refractivity contribution < 1.29 is 23.8 Å². The highest BCUT2D eigenvalue weighted by Crippen LogP contribution is 2.22. The first-order chi connectivity index (χ1) is 13.4. The Kier molecular flexibility index (Phi) is 6.19. The number of nitrogens with zero attached hydrogens (tertiary/aromatic N) is 1. The van der Waals surface area contributed by atoms with Crippen molar-refractivity contribution in [3.63, 3.8) is 0 Å². The van der Waals surface area contributed by atoms with Crippen molar-refractivity contribution in [1.29, 1.82) is 0 Å². The molecule has 150 valence electrons. The largest absolute Gasteiger partial charge is 0.496 e. The van der Waals surface area contributed by atoms with E-state index in [-0.39, 0.29) is 18.5 Å². The average molecular weight is 385 g/mol.